The van der Waals surface area contributed by atoms with Crippen LogP contribution in [0.5, 0.6) is 0 Å². The van der Waals surface area contributed by atoms with Crippen LogP contribution in [0.25, 0.3) is 0 Å². The van der Waals surface area contributed by atoms with Gasteiger partial charge in [-0.2, -0.15) is 0 Å². The average Bonchev–Trinajstić information content (AvgIpc) is 2.69. The van der Waals surface area contributed by atoms with Gasteiger partial charge in [-0.3, -0.25) is 9.78 Å². The van der Waals surface area contributed by atoms with Crippen LogP contribution in [0, 0.1) is 0 Å². The molecule has 0 unspecified atom stereocenters. The molecule has 0 saturated carbocycles. The third kappa shape index (κ3) is 3.96. The van der Waals surface area contributed by atoms with Gasteiger partial charge in [0.2, 0.25) is 0 Å². The van der Waals surface area contributed by atoms with Crippen molar-refractivity contribution in [3.63, 3.8) is 0 Å². The van der Waals surface area contributed by atoms with Gasteiger partial charge in [0.15, 0.2) is 0 Å². The van der Waals surface area contributed by atoms with E-state index in [1.165, 1.54) is 0 Å². The number of aromatic nitrogens is 1. The van der Waals surface area contributed by atoms with E-state index in [-0.39, 0.29) is 18.0 Å². The SMILES string of the molecule is CNC(=O)c1ccc(Cl)c(NC(=O)N2CCCC[C@H]2c2ccccn2)c1. The highest BCUT2D eigenvalue weighted by Gasteiger charge is 2.29. The maximum Gasteiger partial charge on any atom is 0.322 e. The van der Waals surface area contributed by atoms with E-state index in [2.05, 4.69) is 15.6 Å². The van der Waals surface area contributed by atoms with Crippen molar-refractivity contribution in [3.8, 4) is 0 Å². The van der Waals surface area contributed by atoms with Crippen LogP contribution in [0.4, 0.5) is 10.5 Å². The third-order valence-corrected chi connectivity index (χ3v) is 4.82. The molecule has 1 aliphatic rings. The fraction of sp³-hybridized carbons (Fsp3) is 0.316. The quantitative estimate of drug-likeness (QED) is 0.859. The smallest absolute Gasteiger partial charge is 0.322 e. The van der Waals surface area contributed by atoms with Gasteiger partial charge in [0.05, 0.1) is 22.4 Å². The number of pyridine rings is 1. The number of likely N-dealkylation sites (tertiary alicyclic amines) is 1. The average molecular weight is 373 g/mol. The Balaban J connectivity index is 1.81. The molecular formula is C19H21ClN4O2. The molecule has 1 fully saturated rings. The van der Waals surface area contributed by atoms with E-state index in [1.54, 1.807) is 36.3 Å². The Hall–Kier alpha value is -2.60. The van der Waals surface area contributed by atoms with Gasteiger partial charge >= 0.3 is 6.03 Å². The van der Waals surface area contributed by atoms with Crippen LogP contribution in [0.2, 0.25) is 5.02 Å². The maximum atomic E-state index is 12.9. The lowest BCUT2D eigenvalue weighted by atomic mass is 9.99. The number of carbonyl (C=O) groups excluding carboxylic acids is 2. The second-order valence-corrected chi connectivity index (χ2v) is 6.57. The van der Waals surface area contributed by atoms with Gasteiger partial charge in [0.1, 0.15) is 0 Å². The van der Waals surface area contributed by atoms with Gasteiger partial charge in [-0.05, 0) is 49.6 Å². The molecule has 1 aromatic carbocycles. The van der Waals surface area contributed by atoms with Crippen molar-refractivity contribution in [3.05, 3.63) is 58.9 Å². The van der Waals surface area contributed by atoms with E-state index >= 15 is 0 Å². The van der Waals surface area contributed by atoms with Crippen LogP contribution >= 0.6 is 11.6 Å². The van der Waals surface area contributed by atoms with Gasteiger partial charge in [0.25, 0.3) is 5.91 Å². The number of amides is 3. The summed E-state index contributed by atoms with van der Waals surface area (Å²) >= 11 is 6.20. The molecule has 0 radical (unpaired) electrons. The summed E-state index contributed by atoms with van der Waals surface area (Å²) in [4.78, 5) is 30.9. The first kappa shape index (κ1) is 18.2. The summed E-state index contributed by atoms with van der Waals surface area (Å²) in [6.45, 7) is 0.653. The zero-order valence-corrected chi connectivity index (χ0v) is 15.3. The third-order valence-electron chi connectivity index (χ3n) is 4.49. The number of hydrogen-bond donors (Lipinski definition) is 2. The summed E-state index contributed by atoms with van der Waals surface area (Å²) in [6, 6.07) is 10.2. The highest BCUT2D eigenvalue weighted by molar-refractivity contribution is 6.33. The van der Waals surface area contributed by atoms with E-state index in [1.807, 2.05) is 18.2 Å². The topological polar surface area (TPSA) is 74.3 Å². The molecule has 0 bridgehead atoms. The molecule has 1 aromatic heterocycles. The van der Waals surface area contributed by atoms with Crippen molar-refractivity contribution in [1.29, 1.82) is 0 Å². The van der Waals surface area contributed by atoms with Crippen molar-refractivity contribution in [1.82, 2.24) is 15.2 Å². The lowest BCUT2D eigenvalue weighted by molar-refractivity contribution is 0.0963. The van der Waals surface area contributed by atoms with E-state index in [0.29, 0.717) is 22.8 Å². The van der Waals surface area contributed by atoms with E-state index in [4.69, 9.17) is 11.6 Å². The maximum absolute atomic E-state index is 12.9. The molecule has 1 atom stereocenters. The first-order chi connectivity index (χ1) is 12.6. The molecule has 3 amide bonds. The van der Waals surface area contributed by atoms with Crippen molar-refractivity contribution in [2.75, 3.05) is 18.9 Å². The Labute approximate surface area is 157 Å². The largest absolute Gasteiger partial charge is 0.355 e. The number of urea groups is 1. The van der Waals surface area contributed by atoms with Crippen LogP contribution in [0.3, 0.4) is 0 Å². The van der Waals surface area contributed by atoms with Gasteiger partial charge in [0, 0.05) is 25.4 Å². The molecule has 6 nitrogen and oxygen atoms in total. The monoisotopic (exact) mass is 372 g/mol. The minimum absolute atomic E-state index is 0.0640. The fourth-order valence-electron chi connectivity index (χ4n) is 3.15. The van der Waals surface area contributed by atoms with Crippen LogP contribution in [0.1, 0.15) is 41.4 Å². The summed E-state index contributed by atoms with van der Waals surface area (Å²) in [5, 5.41) is 5.79. The van der Waals surface area contributed by atoms with Crippen LogP contribution in [-0.4, -0.2) is 35.4 Å². The summed E-state index contributed by atoms with van der Waals surface area (Å²) in [6.07, 6.45) is 4.61. The zero-order valence-electron chi connectivity index (χ0n) is 14.5. The predicted molar refractivity (Wildman–Crippen MR) is 101 cm³/mol. The first-order valence-electron chi connectivity index (χ1n) is 8.60. The normalized spacial score (nSPS) is 16.8. The fourth-order valence-corrected chi connectivity index (χ4v) is 3.31. The van der Waals surface area contributed by atoms with Gasteiger partial charge in [-0.1, -0.05) is 17.7 Å². The van der Waals surface area contributed by atoms with E-state index in [0.717, 1.165) is 25.0 Å². The number of hydrogen-bond acceptors (Lipinski definition) is 3. The number of benzene rings is 1. The number of anilines is 1. The molecule has 1 saturated heterocycles. The minimum atomic E-state index is -0.240. The number of piperidine rings is 1. The Morgan fingerprint density at radius 3 is 2.81 bits per heavy atom. The van der Waals surface area contributed by atoms with Crippen LogP contribution in [0.15, 0.2) is 42.6 Å². The van der Waals surface area contributed by atoms with Crippen molar-refractivity contribution < 1.29 is 9.59 Å². The van der Waals surface area contributed by atoms with Crippen molar-refractivity contribution >= 4 is 29.2 Å². The number of halogens is 1. The van der Waals surface area contributed by atoms with Crippen LogP contribution < -0.4 is 10.6 Å². The van der Waals surface area contributed by atoms with Crippen molar-refractivity contribution in [2.45, 2.75) is 25.3 Å². The molecular weight excluding hydrogens is 352 g/mol. The lowest BCUT2D eigenvalue weighted by Crippen LogP contribution is -2.41. The minimum Gasteiger partial charge on any atom is -0.355 e. The Kier molecular flexibility index (Phi) is 5.73. The molecule has 7 heteroatoms. The van der Waals surface area contributed by atoms with E-state index in [9.17, 15) is 9.59 Å². The molecule has 2 heterocycles. The van der Waals surface area contributed by atoms with Gasteiger partial charge in [-0.25, -0.2) is 4.79 Å². The lowest BCUT2D eigenvalue weighted by Gasteiger charge is -2.35. The molecule has 0 spiro atoms. The van der Waals surface area contributed by atoms with Crippen molar-refractivity contribution in [2.24, 2.45) is 0 Å². The number of nitrogens with one attached hydrogen (secondary N) is 2. The zero-order chi connectivity index (χ0) is 18.5. The number of nitrogens with zero attached hydrogens (tertiary/aromatic N) is 2. The second-order valence-electron chi connectivity index (χ2n) is 6.16. The molecule has 136 valence electrons. The predicted octanol–water partition coefficient (Wildman–Crippen LogP) is 3.85. The van der Waals surface area contributed by atoms with Gasteiger partial charge < -0.3 is 15.5 Å². The highest BCUT2D eigenvalue weighted by atomic mass is 35.5. The Morgan fingerprint density at radius 2 is 2.08 bits per heavy atom. The molecule has 3 rings (SSSR count). The number of carbonyl (C=O) groups is 2. The highest BCUT2D eigenvalue weighted by Crippen LogP contribution is 2.31. The molecule has 2 aromatic rings. The van der Waals surface area contributed by atoms with Crippen LogP contribution in [-0.2, 0) is 0 Å². The summed E-state index contributed by atoms with van der Waals surface area (Å²) in [7, 11) is 1.56. The first-order valence-corrected chi connectivity index (χ1v) is 8.98. The molecule has 2 N–H and O–H groups in total. The molecule has 0 aliphatic carbocycles. The summed E-state index contributed by atoms with van der Waals surface area (Å²) in [5.74, 6) is -0.235. The summed E-state index contributed by atoms with van der Waals surface area (Å²) < 4.78 is 0. The number of rotatable bonds is 3. The Bertz CT molecular complexity index is 797. The Morgan fingerprint density at radius 1 is 1.23 bits per heavy atom. The molecule has 1 aliphatic heterocycles. The molecule has 26 heavy (non-hydrogen) atoms. The standard InChI is InChI=1S/C19H21ClN4O2/c1-21-18(25)13-8-9-14(20)16(12-13)23-19(26)24-11-5-3-7-17(24)15-6-2-4-10-22-15/h2,4,6,8-10,12,17H,3,5,7,11H2,1H3,(H,21,25)(H,23,26)/t17-/m0/s1. The second kappa shape index (κ2) is 8.19. The van der Waals surface area contributed by atoms with Gasteiger partial charge in [-0.15, -0.1) is 0 Å². The summed E-state index contributed by atoms with van der Waals surface area (Å²) in [5.41, 5.74) is 1.74. The van der Waals surface area contributed by atoms with E-state index < -0.39 is 0 Å².